The normalized spacial score (nSPS) is 12.9. The zero-order valence-corrected chi connectivity index (χ0v) is 13.3. The fourth-order valence-corrected chi connectivity index (χ4v) is 3.71. The van der Waals surface area contributed by atoms with E-state index in [0.717, 1.165) is 18.8 Å². The Bertz CT molecular complexity index is 499. The van der Waals surface area contributed by atoms with E-state index >= 15 is 0 Å². The monoisotopic (exact) mass is 327 g/mol. The number of nitrogens with one attached hydrogen (secondary N) is 1. The molecule has 0 spiro atoms. The number of imidazole rings is 1. The van der Waals surface area contributed by atoms with E-state index in [9.17, 15) is 0 Å². The molecule has 2 aromatic heterocycles. The van der Waals surface area contributed by atoms with Crippen LogP contribution in [0.3, 0.4) is 0 Å². The molecule has 2 heterocycles. The maximum atomic E-state index is 4.51. The summed E-state index contributed by atoms with van der Waals surface area (Å²) in [5.74, 6) is 1.09. The molecule has 0 aliphatic rings. The zero-order valence-electron chi connectivity index (χ0n) is 10.9. The summed E-state index contributed by atoms with van der Waals surface area (Å²) in [5.41, 5.74) is 1.28. The molecule has 0 aliphatic carbocycles. The van der Waals surface area contributed by atoms with Crippen molar-refractivity contribution in [2.45, 2.75) is 32.9 Å². The molecule has 0 radical (unpaired) electrons. The van der Waals surface area contributed by atoms with Crippen LogP contribution < -0.4 is 5.32 Å². The summed E-state index contributed by atoms with van der Waals surface area (Å²) in [6.45, 7) is 5.32. The molecule has 3 nitrogen and oxygen atoms in total. The molecule has 5 heteroatoms. The Hall–Kier alpha value is -0.650. The van der Waals surface area contributed by atoms with Crippen LogP contribution in [0, 0.1) is 6.92 Å². The molecule has 1 atom stereocenters. The van der Waals surface area contributed by atoms with Crippen LogP contribution >= 0.6 is 27.3 Å². The van der Waals surface area contributed by atoms with Gasteiger partial charge in [-0.25, -0.2) is 4.98 Å². The van der Waals surface area contributed by atoms with Gasteiger partial charge >= 0.3 is 0 Å². The van der Waals surface area contributed by atoms with Gasteiger partial charge in [-0.05, 0) is 48.0 Å². The minimum Gasteiger partial charge on any atom is -0.333 e. The molecule has 98 valence electrons. The van der Waals surface area contributed by atoms with Crippen molar-refractivity contribution in [2.24, 2.45) is 0 Å². The number of aromatic nitrogens is 2. The van der Waals surface area contributed by atoms with Crippen molar-refractivity contribution in [2.75, 3.05) is 7.05 Å². The Balaban J connectivity index is 2.35. The molecule has 0 fully saturated rings. The third kappa shape index (κ3) is 2.68. The van der Waals surface area contributed by atoms with Crippen LogP contribution in [0.25, 0.3) is 0 Å². The lowest BCUT2D eigenvalue weighted by atomic mass is 10.2. The minimum absolute atomic E-state index is 0.168. The molecule has 0 saturated carbocycles. The summed E-state index contributed by atoms with van der Waals surface area (Å²) >= 11 is 5.36. The van der Waals surface area contributed by atoms with E-state index in [1.54, 1.807) is 11.3 Å². The van der Waals surface area contributed by atoms with Gasteiger partial charge in [-0.1, -0.05) is 6.92 Å². The van der Waals surface area contributed by atoms with Crippen molar-refractivity contribution < 1.29 is 0 Å². The Morgan fingerprint density at radius 2 is 2.33 bits per heavy atom. The second-order valence-corrected chi connectivity index (χ2v) is 6.71. The standard InChI is InChI=1S/C13H18BrN3S/c1-4-6-17-7-5-16-13(17)11(15-3)10-8-9(2)12(14)18-10/h5,7-8,11,15H,4,6H2,1-3H3. The third-order valence-corrected chi connectivity index (χ3v) is 5.12. The molecule has 0 saturated heterocycles. The average Bonchev–Trinajstić information content (AvgIpc) is 2.90. The van der Waals surface area contributed by atoms with Crippen molar-refractivity contribution in [1.82, 2.24) is 14.9 Å². The van der Waals surface area contributed by atoms with Crippen LogP contribution in [-0.2, 0) is 6.54 Å². The summed E-state index contributed by atoms with van der Waals surface area (Å²) in [5, 5.41) is 3.37. The first kappa shape index (κ1) is 13.8. The fraction of sp³-hybridized carbons (Fsp3) is 0.462. The predicted molar refractivity (Wildman–Crippen MR) is 80.2 cm³/mol. The van der Waals surface area contributed by atoms with Crippen LogP contribution in [0.5, 0.6) is 0 Å². The number of aryl methyl sites for hydroxylation is 2. The van der Waals surface area contributed by atoms with E-state index < -0.39 is 0 Å². The molecule has 2 aromatic rings. The van der Waals surface area contributed by atoms with Gasteiger partial charge in [-0.3, -0.25) is 0 Å². The molecule has 0 amide bonds. The van der Waals surface area contributed by atoms with E-state index in [0.29, 0.717) is 0 Å². The Kier molecular flexibility index (Phi) is 4.59. The molecular formula is C13H18BrN3S. The fourth-order valence-electron chi connectivity index (χ4n) is 2.04. The van der Waals surface area contributed by atoms with Gasteiger partial charge in [-0.2, -0.15) is 0 Å². The minimum atomic E-state index is 0.168. The average molecular weight is 328 g/mol. The first-order valence-electron chi connectivity index (χ1n) is 6.11. The van der Waals surface area contributed by atoms with Gasteiger partial charge in [0.25, 0.3) is 0 Å². The van der Waals surface area contributed by atoms with E-state index in [-0.39, 0.29) is 6.04 Å². The van der Waals surface area contributed by atoms with Crippen molar-refractivity contribution >= 4 is 27.3 Å². The molecule has 2 rings (SSSR count). The first-order chi connectivity index (χ1) is 8.67. The van der Waals surface area contributed by atoms with Crippen molar-refractivity contribution in [3.05, 3.63) is 38.5 Å². The number of rotatable bonds is 5. The summed E-state index contributed by atoms with van der Waals surface area (Å²) in [7, 11) is 1.98. The summed E-state index contributed by atoms with van der Waals surface area (Å²) in [6, 6.07) is 2.39. The predicted octanol–water partition coefficient (Wildman–Crippen LogP) is 3.73. The summed E-state index contributed by atoms with van der Waals surface area (Å²) in [4.78, 5) is 5.81. The maximum absolute atomic E-state index is 4.51. The van der Waals surface area contributed by atoms with E-state index in [4.69, 9.17) is 0 Å². The van der Waals surface area contributed by atoms with Gasteiger partial charge < -0.3 is 9.88 Å². The van der Waals surface area contributed by atoms with Crippen LogP contribution in [0.1, 0.15) is 35.7 Å². The Morgan fingerprint density at radius 3 is 2.89 bits per heavy atom. The number of thiophene rings is 1. The molecule has 0 aliphatic heterocycles. The summed E-state index contributed by atoms with van der Waals surface area (Å²) in [6.07, 6.45) is 5.05. The SMILES string of the molecule is CCCn1ccnc1C(NC)c1cc(C)c(Br)s1. The van der Waals surface area contributed by atoms with Gasteiger partial charge in [0, 0.05) is 23.8 Å². The first-order valence-corrected chi connectivity index (χ1v) is 7.72. The van der Waals surface area contributed by atoms with E-state index in [2.05, 4.69) is 56.9 Å². The third-order valence-electron chi connectivity index (χ3n) is 2.92. The Labute approximate surface area is 120 Å². The van der Waals surface area contributed by atoms with Gasteiger partial charge in [0.05, 0.1) is 3.79 Å². The van der Waals surface area contributed by atoms with E-state index in [1.807, 2.05) is 13.2 Å². The van der Waals surface area contributed by atoms with Gasteiger partial charge in [0.1, 0.15) is 11.9 Å². The molecule has 0 aromatic carbocycles. The summed E-state index contributed by atoms with van der Waals surface area (Å²) < 4.78 is 3.43. The smallest absolute Gasteiger partial charge is 0.131 e. The highest BCUT2D eigenvalue weighted by atomic mass is 79.9. The zero-order chi connectivity index (χ0) is 13.1. The van der Waals surface area contributed by atoms with Crippen LogP contribution in [0.2, 0.25) is 0 Å². The lowest BCUT2D eigenvalue weighted by Gasteiger charge is -2.16. The second kappa shape index (κ2) is 5.99. The molecule has 0 bridgehead atoms. The maximum Gasteiger partial charge on any atom is 0.131 e. The van der Waals surface area contributed by atoms with Gasteiger partial charge in [0.15, 0.2) is 0 Å². The number of halogens is 1. The van der Waals surface area contributed by atoms with Crippen molar-refractivity contribution in [1.29, 1.82) is 0 Å². The van der Waals surface area contributed by atoms with Crippen LogP contribution in [0.15, 0.2) is 22.2 Å². The van der Waals surface area contributed by atoms with Gasteiger partial charge in [-0.15, -0.1) is 11.3 Å². The highest BCUT2D eigenvalue weighted by molar-refractivity contribution is 9.11. The molecule has 1 unspecified atom stereocenters. The number of nitrogens with zero attached hydrogens (tertiary/aromatic N) is 2. The van der Waals surface area contributed by atoms with Crippen LogP contribution in [0.4, 0.5) is 0 Å². The lowest BCUT2D eigenvalue weighted by Crippen LogP contribution is -2.21. The Morgan fingerprint density at radius 1 is 1.56 bits per heavy atom. The lowest BCUT2D eigenvalue weighted by molar-refractivity contribution is 0.573. The molecule has 18 heavy (non-hydrogen) atoms. The largest absolute Gasteiger partial charge is 0.333 e. The topological polar surface area (TPSA) is 29.9 Å². The van der Waals surface area contributed by atoms with Crippen molar-refractivity contribution in [3.8, 4) is 0 Å². The highest BCUT2D eigenvalue weighted by Crippen LogP contribution is 2.33. The van der Waals surface area contributed by atoms with E-state index in [1.165, 1.54) is 14.2 Å². The molecule has 1 N–H and O–H groups in total. The number of hydrogen-bond acceptors (Lipinski definition) is 3. The number of hydrogen-bond donors (Lipinski definition) is 1. The molecular weight excluding hydrogens is 310 g/mol. The van der Waals surface area contributed by atoms with Gasteiger partial charge in [0.2, 0.25) is 0 Å². The quantitative estimate of drug-likeness (QED) is 0.906. The van der Waals surface area contributed by atoms with Crippen molar-refractivity contribution in [3.63, 3.8) is 0 Å². The second-order valence-electron chi connectivity index (χ2n) is 4.31. The highest BCUT2D eigenvalue weighted by Gasteiger charge is 2.19. The van der Waals surface area contributed by atoms with Crippen LogP contribution in [-0.4, -0.2) is 16.6 Å².